The molecule has 0 heterocycles. The van der Waals surface area contributed by atoms with Gasteiger partial charge in [0.2, 0.25) is 21.8 Å². The zero-order valence-corrected chi connectivity index (χ0v) is 26.3. The topological polar surface area (TPSA) is 96.0 Å². The third-order valence-corrected chi connectivity index (χ3v) is 9.16. The fourth-order valence-corrected chi connectivity index (χ4v) is 6.67. The number of carbonyl (C=O) groups is 2. The van der Waals surface area contributed by atoms with Gasteiger partial charge in [0, 0.05) is 32.0 Å². The SMILES string of the molecule is COc1cccc(CN(C(=O)CCCN(c2ccccc2F)S(C)(=O)=O)C(Cc2ccccc2)C(=O)NC2CCCCC2)c1. The number of para-hydroxylation sites is 1. The van der Waals surface area contributed by atoms with E-state index >= 15 is 0 Å². The van der Waals surface area contributed by atoms with E-state index in [-0.39, 0.29) is 49.5 Å². The lowest BCUT2D eigenvalue weighted by atomic mass is 9.94. The summed E-state index contributed by atoms with van der Waals surface area (Å²) in [6, 6.07) is 21.9. The third kappa shape index (κ3) is 9.29. The molecule has 44 heavy (non-hydrogen) atoms. The largest absolute Gasteiger partial charge is 0.497 e. The number of sulfonamides is 1. The number of carbonyl (C=O) groups excluding carboxylic acids is 2. The van der Waals surface area contributed by atoms with Crippen LogP contribution in [0.2, 0.25) is 0 Å². The molecule has 1 unspecified atom stereocenters. The molecule has 0 aromatic heterocycles. The van der Waals surface area contributed by atoms with Crippen molar-refractivity contribution in [1.29, 1.82) is 0 Å². The molecule has 1 atom stereocenters. The van der Waals surface area contributed by atoms with Gasteiger partial charge in [-0.05, 0) is 54.7 Å². The molecule has 0 bridgehead atoms. The molecule has 1 saturated carbocycles. The number of benzene rings is 3. The highest BCUT2D eigenvalue weighted by Gasteiger charge is 2.32. The molecule has 1 aliphatic carbocycles. The first-order valence-corrected chi connectivity index (χ1v) is 17.0. The highest BCUT2D eigenvalue weighted by atomic mass is 32.2. The number of anilines is 1. The van der Waals surface area contributed by atoms with Crippen molar-refractivity contribution in [2.24, 2.45) is 0 Å². The minimum Gasteiger partial charge on any atom is -0.497 e. The predicted molar refractivity (Wildman–Crippen MR) is 170 cm³/mol. The molecule has 0 radical (unpaired) electrons. The van der Waals surface area contributed by atoms with Gasteiger partial charge in [0.25, 0.3) is 0 Å². The average molecular weight is 624 g/mol. The monoisotopic (exact) mass is 623 g/mol. The molecule has 2 amide bonds. The fraction of sp³-hybridized carbons (Fsp3) is 0.412. The van der Waals surface area contributed by atoms with Crippen LogP contribution in [0.25, 0.3) is 0 Å². The fourth-order valence-electron chi connectivity index (χ4n) is 5.70. The number of halogens is 1. The number of nitrogens with zero attached hydrogens (tertiary/aromatic N) is 2. The van der Waals surface area contributed by atoms with Crippen molar-refractivity contribution in [3.05, 3.63) is 95.8 Å². The highest BCUT2D eigenvalue weighted by molar-refractivity contribution is 7.92. The van der Waals surface area contributed by atoms with Gasteiger partial charge in [0.1, 0.15) is 17.6 Å². The first-order chi connectivity index (χ1) is 21.2. The molecule has 3 aromatic carbocycles. The Balaban J connectivity index is 1.61. The molecule has 0 aliphatic heterocycles. The Labute approximate surface area is 260 Å². The number of rotatable bonds is 14. The van der Waals surface area contributed by atoms with E-state index in [4.69, 9.17) is 4.74 Å². The van der Waals surface area contributed by atoms with Crippen LogP contribution in [-0.2, 0) is 32.6 Å². The second-order valence-corrected chi connectivity index (χ2v) is 13.2. The quantitative estimate of drug-likeness (QED) is 0.257. The summed E-state index contributed by atoms with van der Waals surface area (Å²) in [7, 11) is -2.24. The first-order valence-electron chi connectivity index (χ1n) is 15.1. The zero-order chi connectivity index (χ0) is 31.5. The standard InChI is InChI=1S/C34H42FN3O5S/c1-43-29-18-11-15-27(23-29)25-37(33(39)21-12-22-38(44(2,41)42)31-20-10-9-19-30(31)35)32(24-26-13-5-3-6-14-26)34(40)36-28-16-7-4-8-17-28/h3,5-6,9-11,13-15,18-20,23,28,32H,4,7-8,12,16-17,21-22,24-25H2,1-2H3,(H,36,40). The number of hydrogen-bond donors (Lipinski definition) is 1. The van der Waals surface area contributed by atoms with Crippen molar-refractivity contribution in [3.63, 3.8) is 0 Å². The Kier molecular flexibility index (Phi) is 11.8. The van der Waals surface area contributed by atoms with Crippen LogP contribution >= 0.6 is 0 Å². The van der Waals surface area contributed by atoms with Crippen LogP contribution in [0.15, 0.2) is 78.9 Å². The molecule has 236 valence electrons. The van der Waals surface area contributed by atoms with Crippen LogP contribution in [0.4, 0.5) is 10.1 Å². The maximum atomic E-state index is 14.5. The molecule has 0 saturated heterocycles. The second-order valence-electron chi connectivity index (χ2n) is 11.3. The van der Waals surface area contributed by atoms with E-state index in [1.807, 2.05) is 54.6 Å². The van der Waals surface area contributed by atoms with Crippen LogP contribution in [0.3, 0.4) is 0 Å². The molecule has 1 fully saturated rings. The lowest BCUT2D eigenvalue weighted by molar-refractivity contribution is -0.141. The highest BCUT2D eigenvalue weighted by Crippen LogP contribution is 2.24. The van der Waals surface area contributed by atoms with Crippen molar-refractivity contribution in [3.8, 4) is 5.75 Å². The van der Waals surface area contributed by atoms with Crippen molar-refractivity contribution in [2.45, 2.75) is 70.0 Å². The van der Waals surface area contributed by atoms with E-state index < -0.39 is 21.9 Å². The van der Waals surface area contributed by atoms with Gasteiger partial charge in [0.05, 0.1) is 19.1 Å². The summed E-state index contributed by atoms with van der Waals surface area (Å²) in [5.41, 5.74) is 1.65. The number of ether oxygens (including phenoxy) is 1. The van der Waals surface area contributed by atoms with Crippen LogP contribution < -0.4 is 14.4 Å². The minimum atomic E-state index is -3.81. The number of hydrogen-bond acceptors (Lipinski definition) is 5. The molecular formula is C34H42FN3O5S. The smallest absolute Gasteiger partial charge is 0.243 e. The molecular weight excluding hydrogens is 581 g/mol. The van der Waals surface area contributed by atoms with E-state index in [0.717, 1.165) is 53.8 Å². The van der Waals surface area contributed by atoms with Crippen LogP contribution in [0.5, 0.6) is 5.75 Å². The summed E-state index contributed by atoms with van der Waals surface area (Å²) in [6.45, 7) is 0.0743. The van der Waals surface area contributed by atoms with Gasteiger partial charge in [-0.25, -0.2) is 12.8 Å². The lowest BCUT2D eigenvalue weighted by Gasteiger charge is -2.34. The number of methoxy groups -OCH3 is 1. The third-order valence-electron chi connectivity index (χ3n) is 7.98. The predicted octanol–water partition coefficient (Wildman–Crippen LogP) is 5.47. The maximum Gasteiger partial charge on any atom is 0.243 e. The Morgan fingerprint density at radius 3 is 2.32 bits per heavy atom. The van der Waals surface area contributed by atoms with Crippen molar-refractivity contribution < 1.29 is 27.1 Å². The van der Waals surface area contributed by atoms with Gasteiger partial charge in [0.15, 0.2) is 0 Å². The maximum absolute atomic E-state index is 14.5. The summed E-state index contributed by atoms with van der Waals surface area (Å²) in [5.74, 6) is -0.531. The molecule has 4 rings (SSSR count). The van der Waals surface area contributed by atoms with E-state index in [1.54, 1.807) is 18.1 Å². The Morgan fingerprint density at radius 2 is 1.64 bits per heavy atom. The van der Waals surface area contributed by atoms with Crippen molar-refractivity contribution >= 4 is 27.5 Å². The Bertz CT molecular complexity index is 1500. The molecule has 1 N–H and O–H groups in total. The molecule has 3 aromatic rings. The summed E-state index contributed by atoms with van der Waals surface area (Å²) in [4.78, 5) is 29.6. The Morgan fingerprint density at radius 1 is 0.955 bits per heavy atom. The summed E-state index contributed by atoms with van der Waals surface area (Å²) in [6.07, 6.45) is 6.51. The van der Waals surface area contributed by atoms with Gasteiger partial charge < -0.3 is 15.0 Å². The lowest BCUT2D eigenvalue weighted by Crippen LogP contribution is -2.52. The first kappa shape index (κ1) is 33.0. The van der Waals surface area contributed by atoms with E-state index in [2.05, 4.69) is 5.32 Å². The van der Waals surface area contributed by atoms with E-state index in [0.29, 0.717) is 12.2 Å². The van der Waals surface area contributed by atoms with Crippen LogP contribution in [0, 0.1) is 5.82 Å². The average Bonchev–Trinajstić information content (AvgIpc) is 3.02. The van der Waals surface area contributed by atoms with Crippen LogP contribution in [-0.4, -0.2) is 57.1 Å². The summed E-state index contributed by atoms with van der Waals surface area (Å²) < 4.78 is 46.1. The van der Waals surface area contributed by atoms with Crippen molar-refractivity contribution in [2.75, 3.05) is 24.2 Å². The van der Waals surface area contributed by atoms with Gasteiger partial charge in [-0.15, -0.1) is 0 Å². The molecule has 8 nitrogen and oxygen atoms in total. The Hall–Kier alpha value is -3.92. The second kappa shape index (κ2) is 15.7. The molecule has 10 heteroatoms. The van der Waals surface area contributed by atoms with E-state index in [1.165, 1.54) is 18.2 Å². The van der Waals surface area contributed by atoms with Gasteiger partial charge in [-0.2, -0.15) is 0 Å². The minimum absolute atomic E-state index is 0.0353. The molecule has 1 aliphatic rings. The summed E-state index contributed by atoms with van der Waals surface area (Å²) >= 11 is 0. The molecule has 0 spiro atoms. The van der Waals surface area contributed by atoms with E-state index in [9.17, 15) is 22.4 Å². The van der Waals surface area contributed by atoms with Crippen LogP contribution in [0.1, 0.15) is 56.1 Å². The number of nitrogens with one attached hydrogen (secondary N) is 1. The van der Waals surface area contributed by atoms with Crippen molar-refractivity contribution in [1.82, 2.24) is 10.2 Å². The summed E-state index contributed by atoms with van der Waals surface area (Å²) in [5, 5.41) is 3.22. The van der Waals surface area contributed by atoms with Gasteiger partial charge in [-0.1, -0.05) is 73.9 Å². The van der Waals surface area contributed by atoms with Gasteiger partial charge in [-0.3, -0.25) is 13.9 Å². The normalized spacial score (nSPS) is 14.4. The number of amides is 2. The van der Waals surface area contributed by atoms with Gasteiger partial charge >= 0.3 is 0 Å². The zero-order valence-electron chi connectivity index (χ0n) is 25.5.